The van der Waals surface area contributed by atoms with Crippen molar-refractivity contribution in [2.24, 2.45) is 0 Å². The van der Waals surface area contributed by atoms with Crippen LogP contribution in [-0.2, 0) is 10.2 Å². The number of fused-ring (bicyclic) bond motifs is 1. The lowest BCUT2D eigenvalue weighted by Crippen LogP contribution is -2.28. The van der Waals surface area contributed by atoms with E-state index in [1.165, 1.54) is 0 Å². The number of amides is 1. The Labute approximate surface area is 186 Å². The molecule has 1 amide bonds. The maximum atomic E-state index is 13.3. The quantitative estimate of drug-likeness (QED) is 0.581. The predicted molar refractivity (Wildman–Crippen MR) is 121 cm³/mol. The van der Waals surface area contributed by atoms with E-state index < -0.39 is 5.41 Å². The molecule has 1 aromatic heterocycles. The van der Waals surface area contributed by atoms with Crippen molar-refractivity contribution in [3.63, 3.8) is 0 Å². The first-order valence-electron chi connectivity index (χ1n) is 10.7. The smallest absolute Gasteiger partial charge is 0.236 e. The zero-order chi connectivity index (χ0) is 22.5. The van der Waals surface area contributed by atoms with Gasteiger partial charge in [-0.1, -0.05) is 30.3 Å². The van der Waals surface area contributed by atoms with E-state index in [2.05, 4.69) is 10.3 Å². The van der Waals surface area contributed by atoms with Crippen molar-refractivity contribution in [2.45, 2.75) is 39.0 Å². The van der Waals surface area contributed by atoms with Crippen LogP contribution in [0.25, 0.3) is 11.1 Å². The van der Waals surface area contributed by atoms with Crippen LogP contribution < -0.4 is 14.8 Å². The molecule has 6 heteroatoms. The second-order valence-electron chi connectivity index (χ2n) is 8.51. The van der Waals surface area contributed by atoms with Crippen molar-refractivity contribution in [3.8, 4) is 22.6 Å². The number of ketones is 1. The summed E-state index contributed by atoms with van der Waals surface area (Å²) in [6, 6.07) is 13.2. The number of aromatic nitrogens is 1. The minimum atomic E-state index is -0.551. The number of hydrogen-bond acceptors (Lipinski definition) is 5. The van der Waals surface area contributed by atoms with Gasteiger partial charge in [0.15, 0.2) is 17.3 Å². The number of pyridine rings is 1. The summed E-state index contributed by atoms with van der Waals surface area (Å²) in [6.45, 7) is 5.75. The molecule has 1 aliphatic carbocycles. The van der Waals surface area contributed by atoms with Gasteiger partial charge in [0, 0.05) is 17.3 Å². The fraction of sp³-hybridized carbons (Fsp3) is 0.269. The minimum Gasteiger partial charge on any atom is -0.454 e. The van der Waals surface area contributed by atoms with Crippen LogP contribution in [0.2, 0.25) is 0 Å². The van der Waals surface area contributed by atoms with Gasteiger partial charge in [0.1, 0.15) is 5.82 Å². The van der Waals surface area contributed by atoms with Gasteiger partial charge in [-0.05, 0) is 68.0 Å². The summed E-state index contributed by atoms with van der Waals surface area (Å²) in [7, 11) is 0. The standard InChI is InChI=1S/C26H24N2O4/c1-15-16(2)24(27-13-21(15)19-6-4-18(5-7-19)17(3)29)28-25(30)26(10-11-26)20-8-9-22-23(12-20)32-14-31-22/h4-9,12-13H,10-11,14H2,1-3H3,(H,27,28,30). The molecule has 32 heavy (non-hydrogen) atoms. The van der Waals surface area contributed by atoms with Crippen molar-refractivity contribution < 1.29 is 19.1 Å². The third-order valence-corrected chi connectivity index (χ3v) is 6.59. The van der Waals surface area contributed by atoms with Gasteiger partial charge in [0.2, 0.25) is 12.7 Å². The normalized spacial score (nSPS) is 15.3. The molecule has 0 atom stereocenters. The molecule has 162 valence electrons. The van der Waals surface area contributed by atoms with E-state index in [1.807, 2.05) is 56.3 Å². The number of ether oxygens (including phenoxy) is 2. The molecule has 1 saturated carbocycles. The summed E-state index contributed by atoms with van der Waals surface area (Å²) in [5.74, 6) is 1.96. The average molecular weight is 428 g/mol. The fourth-order valence-corrected chi connectivity index (χ4v) is 4.20. The van der Waals surface area contributed by atoms with Crippen molar-refractivity contribution in [2.75, 3.05) is 12.1 Å². The Balaban J connectivity index is 1.39. The lowest BCUT2D eigenvalue weighted by molar-refractivity contribution is -0.118. The van der Waals surface area contributed by atoms with Gasteiger partial charge < -0.3 is 14.8 Å². The molecule has 5 rings (SSSR count). The Morgan fingerprint density at radius 2 is 1.69 bits per heavy atom. The molecule has 3 aromatic rings. The van der Waals surface area contributed by atoms with Crippen LogP contribution in [0.4, 0.5) is 5.82 Å². The van der Waals surface area contributed by atoms with Crippen LogP contribution in [0.3, 0.4) is 0 Å². The Bertz CT molecular complexity index is 1240. The van der Waals surface area contributed by atoms with E-state index in [9.17, 15) is 9.59 Å². The zero-order valence-electron chi connectivity index (χ0n) is 18.3. The van der Waals surface area contributed by atoms with Crippen molar-refractivity contribution in [3.05, 3.63) is 70.9 Å². The SMILES string of the molecule is CC(=O)c1ccc(-c2cnc(NC(=O)C3(c4ccc5c(c4)OCO5)CC3)c(C)c2C)cc1. The Morgan fingerprint density at radius 3 is 2.38 bits per heavy atom. The molecule has 0 spiro atoms. The van der Waals surface area contributed by atoms with Crippen LogP contribution in [0.1, 0.15) is 46.8 Å². The summed E-state index contributed by atoms with van der Waals surface area (Å²) < 4.78 is 10.9. The van der Waals surface area contributed by atoms with Crippen LogP contribution in [0.5, 0.6) is 11.5 Å². The van der Waals surface area contributed by atoms with E-state index in [0.29, 0.717) is 22.9 Å². The lowest BCUT2D eigenvalue weighted by Gasteiger charge is -2.18. The molecular weight excluding hydrogens is 404 g/mol. The number of carbonyl (C=O) groups is 2. The van der Waals surface area contributed by atoms with Crippen LogP contribution in [0, 0.1) is 13.8 Å². The van der Waals surface area contributed by atoms with Gasteiger partial charge in [-0.25, -0.2) is 4.98 Å². The third kappa shape index (κ3) is 3.32. The second kappa shape index (κ2) is 7.48. The molecule has 2 heterocycles. The van der Waals surface area contributed by atoms with Crippen molar-refractivity contribution in [1.29, 1.82) is 0 Å². The molecule has 2 aromatic carbocycles. The summed E-state index contributed by atoms with van der Waals surface area (Å²) in [5.41, 5.74) is 5.00. The number of nitrogens with one attached hydrogen (secondary N) is 1. The zero-order valence-corrected chi connectivity index (χ0v) is 18.3. The number of anilines is 1. The third-order valence-electron chi connectivity index (χ3n) is 6.59. The van der Waals surface area contributed by atoms with Crippen molar-refractivity contribution in [1.82, 2.24) is 4.98 Å². The van der Waals surface area contributed by atoms with Crippen LogP contribution in [0.15, 0.2) is 48.7 Å². The average Bonchev–Trinajstić information content (AvgIpc) is 3.48. The summed E-state index contributed by atoms with van der Waals surface area (Å²) in [6.07, 6.45) is 3.36. The fourth-order valence-electron chi connectivity index (χ4n) is 4.20. The molecule has 1 fully saturated rings. The number of hydrogen-bond donors (Lipinski definition) is 1. The second-order valence-corrected chi connectivity index (χ2v) is 8.51. The van der Waals surface area contributed by atoms with Crippen LogP contribution >= 0.6 is 0 Å². The van der Waals surface area contributed by atoms with Gasteiger partial charge in [0.25, 0.3) is 0 Å². The van der Waals surface area contributed by atoms with Gasteiger partial charge in [-0.15, -0.1) is 0 Å². The molecule has 2 aliphatic rings. The number of rotatable bonds is 5. The molecule has 6 nitrogen and oxygen atoms in total. The molecule has 1 N–H and O–H groups in total. The highest BCUT2D eigenvalue weighted by atomic mass is 16.7. The van der Waals surface area contributed by atoms with E-state index in [1.54, 1.807) is 13.1 Å². The molecule has 0 bridgehead atoms. The van der Waals surface area contributed by atoms with Crippen LogP contribution in [-0.4, -0.2) is 23.5 Å². The van der Waals surface area contributed by atoms with Crippen molar-refractivity contribution >= 4 is 17.5 Å². The topological polar surface area (TPSA) is 77.5 Å². The summed E-state index contributed by atoms with van der Waals surface area (Å²) >= 11 is 0. The number of nitrogens with zero attached hydrogens (tertiary/aromatic N) is 1. The molecule has 0 radical (unpaired) electrons. The minimum absolute atomic E-state index is 0.0390. The Morgan fingerprint density at radius 1 is 0.969 bits per heavy atom. The number of carbonyl (C=O) groups excluding carboxylic acids is 2. The highest BCUT2D eigenvalue weighted by Crippen LogP contribution is 2.51. The first kappa shape index (κ1) is 20.2. The molecule has 0 saturated heterocycles. The maximum Gasteiger partial charge on any atom is 0.236 e. The summed E-state index contributed by atoms with van der Waals surface area (Å²) in [5, 5.41) is 3.06. The number of benzene rings is 2. The van der Waals surface area contributed by atoms with E-state index >= 15 is 0 Å². The predicted octanol–water partition coefficient (Wildman–Crippen LogP) is 4.97. The van der Waals surface area contributed by atoms with E-state index in [4.69, 9.17) is 9.47 Å². The monoisotopic (exact) mass is 428 g/mol. The molecular formula is C26H24N2O4. The maximum absolute atomic E-state index is 13.3. The first-order valence-corrected chi connectivity index (χ1v) is 10.7. The highest BCUT2D eigenvalue weighted by Gasteiger charge is 2.52. The van der Waals surface area contributed by atoms with Gasteiger partial charge in [-0.3, -0.25) is 9.59 Å². The number of Topliss-reactive ketones (excluding diaryl/α,β-unsaturated/α-hetero) is 1. The van der Waals surface area contributed by atoms with Gasteiger partial charge in [-0.2, -0.15) is 0 Å². The molecule has 0 unspecified atom stereocenters. The van der Waals surface area contributed by atoms with E-state index in [0.717, 1.165) is 40.7 Å². The Kier molecular flexibility index (Phi) is 4.73. The van der Waals surface area contributed by atoms with E-state index in [-0.39, 0.29) is 18.5 Å². The molecule has 1 aliphatic heterocycles. The Hall–Kier alpha value is -3.67. The first-order chi connectivity index (χ1) is 15.4. The lowest BCUT2D eigenvalue weighted by atomic mass is 9.94. The summed E-state index contributed by atoms with van der Waals surface area (Å²) in [4.78, 5) is 29.4. The highest BCUT2D eigenvalue weighted by molar-refractivity contribution is 6.01. The van der Waals surface area contributed by atoms with Gasteiger partial charge >= 0.3 is 0 Å². The van der Waals surface area contributed by atoms with Gasteiger partial charge in [0.05, 0.1) is 5.41 Å². The largest absolute Gasteiger partial charge is 0.454 e.